The number of nitrogens with one attached hydrogen (secondary N) is 1. The topological polar surface area (TPSA) is 49.4 Å². The van der Waals surface area contributed by atoms with Gasteiger partial charge in [0.25, 0.3) is 5.91 Å². The lowest BCUT2D eigenvalue weighted by molar-refractivity contribution is -0.129. The van der Waals surface area contributed by atoms with Crippen LogP contribution in [0.3, 0.4) is 0 Å². The van der Waals surface area contributed by atoms with Crippen LogP contribution in [0.1, 0.15) is 27.0 Å². The Balaban J connectivity index is 1.89. The fourth-order valence-electron chi connectivity index (χ4n) is 2.36. The van der Waals surface area contributed by atoms with Crippen molar-refractivity contribution in [1.82, 2.24) is 10.2 Å². The molecule has 0 spiro atoms. The zero-order valence-corrected chi connectivity index (χ0v) is 14.9. The first-order chi connectivity index (χ1) is 11.4. The van der Waals surface area contributed by atoms with E-state index >= 15 is 0 Å². The van der Waals surface area contributed by atoms with Crippen LogP contribution in [0, 0.1) is 13.8 Å². The van der Waals surface area contributed by atoms with Gasteiger partial charge in [-0.1, -0.05) is 35.4 Å². The van der Waals surface area contributed by atoms with Crippen molar-refractivity contribution in [2.24, 2.45) is 0 Å². The third-order valence-electron chi connectivity index (χ3n) is 3.84. The Hall–Kier alpha value is -2.33. The molecule has 0 aliphatic heterocycles. The molecule has 2 aromatic rings. The molecule has 0 bridgehead atoms. The molecule has 0 aromatic heterocycles. The molecule has 0 heterocycles. The fourth-order valence-corrected chi connectivity index (χ4v) is 2.49. The van der Waals surface area contributed by atoms with Gasteiger partial charge in [0.05, 0.1) is 6.54 Å². The molecule has 0 radical (unpaired) electrons. The summed E-state index contributed by atoms with van der Waals surface area (Å²) >= 11 is 5.79. The first kappa shape index (κ1) is 18.0. The summed E-state index contributed by atoms with van der Waals surface area (Å²) in [6.45, 7) is 4.55. The molecule has 0 aliphatic carbocycles. The summed E-state index contributed by atoms with van der Waals surface area (Å²) in [5.74, 6) is -0.433. The lowest BCUT2D eigenvalue weighted by Gasteiger charge is -2.19. The van der Waals surface area contributed by atoms with Gasteiger partial charge in [-0.2, -0.15) is 0 Å². The van der Waals surface area contributed by atoms with Crippen molar-refractivity contribution in [3.8, 4) is 0 Å². The number of nitrogens with zero attached hydrogens (tertiary/aromatic N) is 1. The number of rotatable bonds is 5. The van der Waals surface area contributed by atoms with Crippen molar-refractivity contribution in [2.45, 2.75) is 20.4 Å². The molecule has 4 nitrogen and oxygen atoms in total. The van der Waals surface area contributed by atoms with E-state index in [1.807, 2.05) is 26.0 Å². The van der Waals surface area contributed by atoms with Crippen LogP contribution in [0.4, 0.5) is 0 Å². The minimum absolute atomic E-state index is 0.0388. The van der Waals surface area contributed by atoms with Crippen LogP contribution in [0.25, 0.3) is 0 Å². The Labute approximate surface area is 147 Å². The SMILES string of the molecule is Cc1ccc(CN(C)C(=O)CNC(=O)c2ccc(Cl)cc2)c(C)c1. The first-order valence-corrected chi connectivity index (χ1v) is 8.08. The van der Waals surface area contributed by atoms with Crippen LogP contribution < -0.4 is 5.32 Å². The van der Waals surface area contributed by atoms with Gasteiger partial charge in [-0.05, 0) is 49.2 Å². The minimum Gasteiger partial charge on any atom is -0.343 e. The van der Waals surface area contributed by atoms with E-state index < -0.39 is 0 Å². The largest absolute Gasteiger partial charge is 0.343 e. The highest BCUT2D eigenvalue weighted by atomic mass is 35.5. The summed E-state index contributed by atoms with van der Waals surface area (Å²) in [7, 11) is 1.73. The summed E-state index contributed by atoms with van der Waals surface area (Å²) in [6, 6.07) is 12.7. The molecular formula is C19H21ClN2O2. The summed E-state index contributed by atoms with van der Waals surface area (Å²) in [6.07, 6.45) is 0. The fraction of sp³-hybridized carbons (Fsp3) is 0.263. The van der Waals surface area contributed by atoms with Gasteiger partial charge in [0, 0.05) is 24.2 Å². The number of amides is 2. The van der Waals surface area contributed by atoms with Gasteiger partial charge in [0.1, 0.15) is 0 Å². The molecule has 5 heteroatoms. The highest BCUT2D eigenvalue weighted by Gasteiger charge is 2.13. The van der Waals surface area contributed by atoms with Gasteiger partial charge in [0.15, 0.2) is 0 Å². The number of benzene rings is 2. The van der Waals surface area contributed by atoms with E-state index in [0.29, 0.717) is 17.1 Å². The lowest BCUT2D eigenvalue weighted by Crippen LogP contribution is -2.37. The second kappa shape index (κ2) is 7.97. The number of carbonyl (C=O) groups excluding carboxylic acids is 2. The third-order valence-corrected chi connectivity index (χ3v) is 4.09. The quantitative estimate of drug-likeness (QED) is 0.904. The van der Waals surface area contributed by atoms with Crippen molar-refractivity contribution in [3.05, 3.63) is 69.7 Å². The van der Waals surface area contributed by atoms with E-state index in [9.17, 15) is 9.59 Å². The standard InChI is InChI=1S/C19H21ClN2O2/c1-13-4-5-16(14(2)10-13)12-22(3)18(23)11-21-19(24)15-6-8-17(20)9-7-15/h4-10H,11-12H2,1-3H3,(H,21,24). The number of halogens is 1. The second-order valence-electron chi connectivity index (χ2n) is 5.87. The Kier molecular flexibility index (Phi) is 5.99. The predicted molar refractivity (Wildman–Crippen MR) is 96.2 cm³/mol. The predicted octanol–water partition coefficient (Wildman–Crippen LogP) is 3.35. The number of hydrogen-bond acceptors (Lipinski definition) is 2. The summed E-state index contributed by atoms with van der Waals surface area (Å²) < 4.78 is 0. The van der Waals surface area contributed by atoms with E-state index in [0.717, 1.165) is 11.1 Å². The van der Waals surface area contributed by atoms with Crippen molar-refractivity contribution in [3.63, 3.8) is 0 Å². The normalized spacial score (nSPS) is 10.3. The highest BCUT2D eigenvalue weighted by molar-refractivity contribution is 6.30. The molecule has 0 saturated heterocycles. The summed E-state index contributed by atoms with van der Waals surface area (Å²) in [5.41, 5.74) is 3.92. The molecule has 1 N–H and O–H groups in total. The molecule has 0 unspecified atom stereocenters. The van der Waals surface area contributed by atoms with Crippen molar-refractivity contribution in [1.29, 1.82) is 0 Å². The van der Waals surface area contributed by atoms with Gasteiger partial charge in [0.2, 0.25) is 5.91 Å². The minimum atomic E-state index is -0.292. The Morgan fingerprint density at radius 2 is 1.75 bits per heavy atom. The number of aryl methyl sites for hydroxylation is 2. The van der Waals surface area contributed by atoms with E-state index in [1.165, 1.54) is 5.56 Å². The van der Waals surface area contributed by atoms with Crippen LogP contribution in [0.5, 0.6) is 0 Å². The van der Waals surface area contributed by atoms with Crippen LogP contribution in [0.2, 0.25) is 5.02 Å². The Bertz CT molecular complexity index is 742. The Morgan fingerprint density at radius 3 is 2.38 bits per heavy atom. The van der Waals surface area contributed by atoms with Crippen molar-refractivity contribution >= 4 is 23.4 Å². The maximum absolute atomic E-state index is 12.2. The molecule has 0 fully saturated rings. The average molecular weight is 345 g/mol. The number of carbonyl (C=O) groups is 2. The second-order valence-corrected chi connectivity index (χ2v) is 6.31. The van der Waals surface area contributed by atoms with Crippen molar-refractivity contribution in [2.75, 3.05) is 13.6 Å². The van der Waals surface area contributed by atoms with E-state index in [1.54, 1.807) is 36.2 Å². The van der Waals surface area contributed by atoms with Crippen LogP contribution in [-0.2, 0) is 11.3 Å². The van der Waals surface area contributed by atoms with Crippen molar-refractivity contribution < 1.29 is 9.59 Å². The molecule has 0 aliphatic rings. The van der Waals surface area contributed by atoms with Crippen LogP contribution >= 0.6 is 11.6 Å². The molecule has 0 atom stereocenters. The van der Waals surface area contributed by atoms with Gasteiger partial charge in [-0.25, -0.2) is 0 Å². The monoisotopic (exact) mass is 344 g/mol. The first-order valence-electron chi connectivity index (χ1n) is 7.70. The van der Waals surface area contributed by atoms with E-state index in [2.05, 4.69) is 11.4 Å². The molecule has 2 aromatic carbocycles. The zero-order chi connectivity index (χ0) is 17.7. The van der Waals surface area contributed by atoms with Gasteiger partial charge >= 0.3 is 0 Å². The smallest absolute Gasteiger partial charge is 0.251 e. The molecule has 0 saturated carbocycles. The van der Waals surface area contributed by atoms with Gasteiger partial charge < -0.3 is 10.2 Å². The number of hydrogen-bond donors (Lipinski definition) is 1. The maximum Gasteiger partial charge on any atom is 0.251 e. The lowest BCUT2D eigenvalue weighted by atomic mass is 10.1. The molecular weight excluding hydrogens is 324 g/mol. The average Bonchev–Trinajstić information content (AvgIpc) is 2.55. The molecule has 2 rings (SSSR count). The van der Waals surface area contributed by atoms with Crippen LogP contribution in [-0.4, -0.2) is 30.3 Å². The molecule has 126 valence electrons. The summed E-state index contributed by atoms with van der Waals surface area (Å²) in [4.78, 5) is 25.8. The zero-order valence-electron chi connectivity index (χ0n) is 14.1. The number of likely N-dealkylation sites (N-methyl/N-ethyl adjacent to an activating group) is 1. The third kappa shape index (κ3) is 4.83. The van der Waals surface area contributed by atoms with E-state index in [-0.39, 0.29) is 18.4 Å². The molecule has 2 amide bonds. The van der Waals surface area contributed by atoms with Gasteiger partial charge in [-0.15, -0.1) is 0 Å². The maximum atomic E-state index is 12.2. The van der Waals surface area contributed by atoms with Crippen LogP contribution in [0.15, 0.2) is 42.5 Å². The Morgan fingerprint density at radius 1 is 1.08 bits per heavy atom. The highest BCUT2D eigenvalue weighted by Crippen LogP contribution is 2.12. The van der Waals surface area contributed by atoms with Gasteiger partial charge in [-0.3, -0.25) is 9.59 Å². The molecule has 24 heavy (non-hydrogen) atoms. The summed E-state index contributed by atoms with van der Waals surface area (Å²) in [5, 5.41) is 3.20. The van der Waals surface area contributed by atoms with E-state index in [4.69, 9.17) is 11.6 Å².